The molecule has 2 N–H and O–H groups in total. The van der Waals surface area contributed by atoms with E-state index in [1.54, 1.807) is 6.20 Å². The van der Waals surface area contributed by atoms with Crippen LogP contribution in [0.25, 0.3) is 0 Å². The molecule has 116 valence electrons. The molecule has 5 heteroatoms. The largest absolute Gasteiger partial charge is 0.468 e. The molecule has 22 heavy (non-hydrogen) atoms. The number of pyridine rings is 1. The molecular formula is C17H20N2O3. The summed E-state index contributed by atoms with van der Waals surface area (Å²) in [7, 11) is 1.33. The molecule has 2 rings (SSSR count). The van der Waals surface area contributed by atoms with Crippen LogP contribution in [-0.4, -0.2) is 24.1 Å². The molecule has 1 atom stereocenters. The van der Waals surface area contributed by atoms with Gasteiger partial charge in [0.05, 0.1) is 7.11 Å². The average molecular weight is 300 g/mol. The van der Waals surface area contributed by atoms with Crippen molar-refractivity contribution in [3.63, 3.8) is 0 Å². The Morgan fingerprint density at radius 3 is 2.55 bits per heavy atom. The van der Waals surface area contributed by atoms with Gasteiger partial charge in [0.15, 0.2) is 0 Å². The van der Waals surface area contributed by atoms with Crippen LogP contribution in [0.3, 0.4) is 0 Å². The van der Waals surface area contributed by atoms with Crippen LogP contribution in [0, 0.1) is 13.8 Å². The number of esters is 1. The van der Waals surface area contributed by atoms with E-state index >= 15 is 0 Å². The zero-order valence-electron chi connectivity index (χ0n) is 13.0. The lowest BCUT2D eigenvalue weighted by Crippen LogP contribution is -2.33. The molecule has 0 saturated carbocycles. The number of carbonyl (C=O) groups is 1. The Balaban J connectivity index is 2.06. The molecule has 0 fully saturated rings. The van der Waals surface area contributed by atoms with Crippen molar-refractivity contribution in [1.29, 1.82) is 0 Å². The second-order valence-corrected chi connectivity index (χ2v) is 5.10. The second kappa shape index (κ2) is 7.04. The summed E-state index contributed by atoms with van der Waals surface area (Å²) in [5, 5.41) is 0. The first-order valence-corrected chi connectivity index (χ1v) is 7.03. The number of hydrogen-bond donors (Lipinski definition) is 1. The van der Waals surface area contributed by atoms with Crippen molar-refractivity contribution in [2.24, 2.45) is 5.73 Å². The van der Waals surface area contributed by atoms with Crippen LogP contribution in [-0.2, 0) is 16.0 Å². The number of nitrogens with zero attached hydrogens (tertiary/aromatic N) is 1. The van der Waals surface area contributed by atoms with Gasteiger partial charge in [-0.3, -0.25) is 9.78 Å². The number of benzene rings is 1. The summed E-state index contributed by atoms with van der Waals surface area (Å²) in [4.78, 5) is 15.5. The highest BCUT2D eigenvalue weighted by molar-refractivity contribution is 5.75. The minimum Gasteiger partial charge on any atom is -0.468 e. The van der Waals surface area contributed by atoms with Crippen LogP contribution >= 0.6 is 0 Å². The van der Waals surface area contributed by atoms with Gasteiger partial charge < -0.3 is 15.2 Å². The molecule has 0 bridgehead atoms. The smallest absolute Gasteiger partial charge is 0.322 e. The van der Waals surface area contributed by atoms with E-state index in [0.717, 1.165) is 28.3 Å². The molecule has 2 aromatic rings. The minimum absolute atomic E-state index is 0.414. The topological polar surface area (TPSA) is 74.4 Å². The average Bonchev–Trinajstić information content (AvgIpc) is 2.52. The number of hydrogen-bond acceptors (Lipinski definition) is 5. The minimum atomic E-state index is -0.651. The summed E-state index contributed by atoms with van der Waals surface area (Å²) in [5.41, 5.74) is 8.65. The maximum absolute atomic E-state index is 11.3. The predicted octanol–water partition coefficient (Wildman–Crippen LogP) is 2.53. The van der Waals surface area contributed by atoms with E-state index in [4.69, 9.17) is 10.5 Å². The second-order valence-electron chi connectivity index (χ2n) is 5.10. The van der Waals surface area contributed by atoms with E-state index in [1.165, 1.54) is 7.11 Å². The maximum Gasteiger partial charge on any atom is 0.322 e. The highest BCUT2D eigenvalue weighted by Crippen LogP contribution is 2.26. The molecule has 5 nitrogen and oxygen atoms in total. The van der Waals surface area contributed by atoms with Gasteiger partial charge in [0.1, 0.15) is 17.5 Å². The third-order valence-electron chi connectivity index (χ3n) is 3.52. The summed E-state index contributed by atoms with van der Waals surface area (Å²) >= 11 is 0. The summed E-state index contributed by atoms with van der Waals surface area (Å²) in [6.07, 6.45) is 2.15. The Morgan fingerprint density at radius 1 is 1.23 bits per heavy atom. The molecule has 0 radical (unpaired) electrons. The first-order valence-electron chi connectivity index (χ1n) is 7.03. The molecule has 1 aromatic carbocycles. The third kappa shape index (κ3) is 3.83. The van der Waals surface area contributed by atoms with E-state index in [-0.39, 0.29) is 0 Å². The molecule has 0 aliphatic rings. The van der Waals surface area contributed by atoms with Gasteiger partial charge in [-0.25, -0.2) is 0 Å². The Bertz CT molecular complexity index is 653. The Morgan fingerprint density at radius 2 is 1.91 bits per heavy atom. The van der Waals surface area contributed by atoms with Gasteiger partial charge in [-0.1, -0.05) is 12.1 Å². The van der Waals surface area contributed by atoms with Crippen molar-refractivity contribution >= 4 is 5.97 Å². The van der Waals surface area contributed by atoms with Gasteiger partial charge in [-0.2, -0.15) is 0 Å². The number of rotatable bonds is 5. The normalized spacial score (nSPS) is 11.8. The Hall–Kier alpha value is -2.40. The number of aromatic nitrogens is 1. The van der Waals surface area contributed by atoms with Crippen LogP contribution in [0.1, 0.15) is 16.8 Å². The van der Waals surface area contributed by atoms with Crippen molar-refractivity contribution in [3.8, 4) is 11.5 Å². The fraction of sp³-hybridized carbons (Fsp3) is 0.294. The fourth-order valence-corrected chi connectivity index (χ4v) is 2.04. The van der Waals surface area contributed by atoms with E-state index in [9.17, 15) is 4.79 Å². The monoisotopic (exact) mass is 300 g/mol. The SMILES string of the molecule is COC(=O)C(N)Cc1ccc(Oc2ccnc(C)c2C)cc1. The zero-order valence-corrected chi connectivity index (χ0v) is 13.0. The van der Waals surface area contributed by atoms with Crippen LogP contribution in [0.2, 0.25) is 0 Å². The number of methoxy groups -OCH3 is 1. The lowest BCUT2D eigenvalue weighted by molar-refractivity contribution is -0.142. The summed E-state index contributed by atoms with van der Waals surface area (Å²) in [6, 6.07) is 8.68. The number of nitrogens with two attached hydrogens (primary N) is 1. The molecule has 1 aromatic heterocycles. The Kier molecular flexibility index (Phi) is 5.12. The number of carbonyl (C=O) groups excluding carboxylic acids is 1. The molecule has 0 aliphatic carbocycles. The van der Waals surface area contributed by atoms with Gasteiger partial charge in [-0.05, 0) is 44.0 Å². The third-order valence-corrected chi connectivity index (χ3v) is 3.52. The zero-order chi connectivity index (χ0) is 16.1. The van der Waals surface area contributed by atoms with Crippen LogP contribution in [0.15, 0.2) is 36.5 Å². The molecule has 1 unspecified atom stereocenters. The van der Waals surface area contributed by atoms with Gasteiger partial charge >= 0.3 is 5.97 Å². The molecule has 0 saturated heterocycles. The quantitative estimate of drug-likeness (QED) is 0.859. The van der Waals surface area contributed by atoms with Crippen molar-refractivity contribution in [2.75, 3.05) is 7.11 Å². The maximum atomic E-state index is 11.3. The first-order chi connectivity index (χ1) is 10.5. The van der Waals surface area contributed by atoms with E-state index in [2.05, 4.69) is 9.72 Å². The van der Waals surface area contributed by atoms with E-state index < -0.39 is 12.0 Å². The van der Waals surface area contributed by atoms with E-state index in [1.807, 2.05) is 44.2 Å². The number of ether oxygens (including phenoxy) is 2. The molecular weight excluding hydrogens is 280 g/mol. The summed E-state index contributed by atoms with van der Waals surface area (Å²) in [6.45, 7) is 3.92. The predicted molar refractivity (Wildman–Crippen MR) is 83.9 cm³/mol. The van der Waals surface area contributed by atoms with Crippen LogP contribution < -0.4 is 10.5 Å². The highest BCUT2D eigenvalue weighted by atomic mass is 16.5. The van der Waals surface area contributed by atoms with Gasteiger partial charge in [0.2, 0.25) is 0 Å². The van der Waals surface area contributed by atoms with Crippen molar-refractivity contribution < 1.29 is 14.3 Å². The molecule has 1 heterocycles. The molecule has 0 amide bonds. The Labute approximate surface area is 130 Å². The first kappa shape index (κ1) is 16.0. The standard InChI is InChI=1S/C17H20N2O3/c1-11-12(2)19-9-8-16(11)22-14-6-4-13(5-7-14)10-15(18)17(20)21-3/h4-9,15H,10,18H2,1-3H3. The van der Waals surface area contributed by atoms with E-state index in [0.29, 0.717) is 6.42 Å². The highest BCUT2D eigenvalue weighted by Gasteiger charge is 2.14. The molecule has 0 aliphatic heterocycles. The summed E-state index contributed by atoms with van der Waals surface area (Å²) < 4.78 is 10.5. The number of aryl methyl sites for hydroxylation is 1. The van der Waals surface area contributed by atoms with Crippen LogP contribution in [0.4, 0.5) is 0 Å². The molecule has 0 spiro atoms. The lowest BCUT2D eigenvalue weighted by Gasteiger charge is -2.12. The van der Waals surface area contributed by atoms with Crippen molar-refractivity contribution in [2.45, 2.75) is 26.3 Å². The lowest BCUT2D eigenvalue weighted by atomic mass is 10.1. The van der Waals surface area contributed by atoms with Crippen molar-refractivity contribution in [1.82, 2.24) is 4.98 Å². The summed E-state index contributed by atoms with van der Waals surface area (Å²) in [5.74, 6) is 1.10. The van der Waals surface area contributed by atoms with Gasteiger partial charge in [-0.15, -0.1) is 0 Å². The van der Waals surface area contributed by atoms with Gasteiger partial charge in [0.25, 0.3) is 0 Å². The van der Waals surface area contributed by atoms with Crippen LogP contribution in [0.5, 0.6) is 11.5 Å². The fourth-order valence-electron chi connectivity index (χ4n) is 2.04. The van der Waals surface area contributed by atoms with Crippen molar-refractivity contribution in [3.05, 3.63) is 53.3 Å². The van der Waals surface area contributed by atoms with Gasteiger partial charge in [0, 0.05) is 17.5 Å².